The van der Waals surface area contributed by atoms with Crippen molar-refractivity contribution >= 4 is 27.8 Å². The van der Waals surface area contributed by atoms with E-state index in [1.54, 1.807) is 0 Å². The average Bonchev–Trinajstić information content (AvgIpc) is 2.88. The molecule has 2 aromatic carbocycles. The summed E-state index contributed by atoms with van der Waals surface area (Å²) in [7, 11) is -3.41. The molecule has 4 unspecified atom stereocenters. The minimum Gasteiger partial charge on any atom is -0.410 e. The Balaban J connectivity index is 1.92. The second kappa shape index (κ2) is 8.07. The van der Waals surface area contributed by atoms with Crippen molar-refractivity contribution in [1.82, 2.24) is 0 Å². The zero-order valence-electron chi connectivity index (χ0n) is 18.7. The summed E-state index contributed by atoms with van der Waals surface area (Å²) in [5.74, 6) is 2.27. The van der Waals surface area contributed by atoms with E-state index >= 15 is 0 Å². The van der Waals surface area contributed by atoms with E-state index in [0.29, 0.717) is 0 Å². The summed E-state index contributed by atoms with van der Waals surface area (Å²) in [4.78, 5) is 8.06. The molecule has 4 heteroatoms. The van der Waals surface area contributed by atoms with E-state index in [1.165, 1.54) is 11.4 Å². The third-order valence-corrected chi connectivity index (χ3v) is 14.6. The van der Waals surface area contributed by atoms with E-state index in [2.05, 4.69) is 118 Å². The van der Waals surface area contributed by atoms with Crippen LogP contribution in [0.4, 0.5) is 11.4 Å². The van der Waals surface area contributed by atoms with Crippen LogP contribution in [-0.4, -0.2) is 16.5 Å². The fourth-order valence-corrected chi connectivity index (χ4v) is 16.2. The Morgan fingerprint density at radius 3 is 1.18 bits per heavy atom. The summed E-state index contributed by atoms with van der Waals surface area (Å²) in [6.45, 7) is 17.7. The molecule has 0 amide bonds. The van der Waals surface area contributed by atoms with Crippen LogP contribution < -0.4 is 9.96 Å². The average molecular weight is 411 g/mol. The van der Waals surface area contributed by atoms with Crippen molar-refractivity contribution in [3.8, 4) is 0 Å². The molecule has 2 N–H and O–H groups in total. The first-order valence-corrected chi connectivity index (χ1v) is 17.0. The molecule has 152 valence electrons. The molecule has 0 aromatic heterocycles. The molecular formula is C24H38N2Si2. The molecule has 0 spiro atoms. The topological polar surface area (TPSA) is 24.1 Å². The van der Waals surface area contributed by atoms with Gasteiger partial charge in [-0.2, -0.15) is 0 Å². The largest absolute Gasteiger partial charge is 0.410 e. The predicted molar refractivity (Wildman–Crippen MR) is 130 cm³/mol. The number of hydrogen-bond donors (Lipinski definition) is 2. The standard InChI is InChI=1S/C24H38N2Si2/c1-18-19(2)23(27(4,5)25-21-14-10-8-11-15-21)24(20(18)3)28(6,7)26-22-16-12-9-13-17-22/h8-20,23-26H,1-7H3. The Morgan fingerprint density at radius 2 is 0.857 bits per heavy atom. The zero-order valence-corrected chi connectivity index (χ0v) is 20.7. The van der Waals surface area contributed by atoms with Crippen molar-refractivity contribution in [2.24, 2.45) is 17.8 Å². The first-order chi connectivity index (χ1) is 13.1. The second-order valence-electron chi connectivity index (χ2n) is 10.1. The summed E-state index contributed by atoms with van der Waals surface area (Å²) >= 11 is 0. The van der Waals surface area contributed by atoms with Crippen molar-refractivity contribution in [1.29, 1.82) is 0 Å². The molecule has 4 atom stereocenters. The minimum absolute atomic E-state index is 0.752. The lowest BCUT2D eigenvalue weighted by Gasteiger charge is -2.44. The quantitative estimate of drug-likeness (QED) is 0.489. The highest BCUT2D eigenvalue weighted by Crippen LogP contribution is 2.60. The fraction of sp³-hybridized carbons (Fsp3) is 0.500. The predicted octanol–water partition coefficient (Wildman–Crippen LogP) is 7.28. The first kappa shape index (κ1) is 21.2. The van der Waals surface area contributed by atoms with E-state index in [-0.39, 0.29) is 0 Å². The highest BCUT2D eigenvalue weighted by molar-refractivity contribution is 6.87. The molecule has 1 aliphatic rings. The Bertz CT molecular complexity index is 695. The third kappa shape index (κ3) is 4.23. The van der Waals surface area contributed by atoms with E-state index in [1.807, 2.05) is 0 Å². The van der Waals surface area contributed by atoms with Gasteiger partial charge in [0, 0.05) is 11.4 Å². The number of nitrogens with one attached hydrogen (secondary N) is 2. The molecule has 1 saturated carbocycles. The number of anilines is 2. The lowest BCUT2D eigenvalue weighted by molar-refractivity contribution is 0.378. The molecule has 28 heavy (non-hydrogen) atoms. The van der Waals surface area contributed by atoms with Gasteiger partial charge in [0.05, 0.1) is 0 Å². The van der Waals surface area contributed by atoms with Crippen LogP contribution in [0.5, 0.6) is 0 Å². The van der Waals surface area contributed by atoms with Gasteiger partial charge in [0.1, 0.15) is 0 Å². The molecule has 2 nitrogen and oxygen atoms in total. The van der Waals surface area contributed by atoms with Crippen LogP contribution in [-0.2, 0) is 0 Å². The lowest BCUT2D eigenvalue weighted by Crippen LogP contribution is -2.52. The number of hydrogen-bond acceptors (Lipinski definition) is 2. The summed E-state index contributed by atoms with van der Waals surface area (Å²) in [5.41, 5.74) is 4.09. The first-order valence-electron chi connectivity index (χ1n) is 10.8. The maximum atomic E-state index is 4.03. The molecule has 0 bridgehead atoms. The van der Waals surface area contributed by atoms with Gasteiger partial charge in [-0.3, -0.25) is 0 Å². The highest BCUT2D eigenvalue weighted by Gasteiger charge is 2.57. The molecular weight excluding hydrogens is 372 g/mol. The van der Waals surface area contributed by atoms with Gasteiger partial charge >= 0.3 is 0 Å². The normalized spacial score (nSPS) is 28.2. The van der Waals surface area contributed by atoms with E-state index in [9.17, 15) is 0 Å². The zero-order chi connectivity index (χ0) is 20.5. The van der Waals surface area contributed by atoms with Crippen molar-refractivity contribution < 1.29 is 0 Å². The summed E-state index contributed by atoms with van der Waals surface area (Å²) in [6.07, 6.45) is 0. The molecule has 0 radical (unpaired) electrons. The van der Waals surface area contributed by atoms with Crippen LogP contribution >= 0.6 is 0 Å². The summed E-state index contributed by atoms with van der Waals surface area (Å²) in [6, 6.07) is 21.7. The van der Waals surface area contributed by atoms with Gasteiger partial charge in [0.2, 0.25) is 0 Å². The smallest absolute Gasteiger partial charge is 0.150 e. The second-order valence-corrected chi connectivity index (χ2v) is 18.8. The monoisotopic (exact) mass is 410 g/mol. The van der Waals surface area contributed by atoms with E-state index in [0.717, 1.165) is 28.8 Å². The van der Waals surface area contributed by atoms with Gasteiger partial charge in [0.15, 0.2) is 16.5 Å². The lowest BCUT2D eigenvalue weighted by atomic mass is 9.94. The number of benzene rings is 2. The maximum Gasteiger partial charge on any atom is 0.150 e. The van der Waals surface area contributed by atoms with Crippen LogP contribution in [0.1, 0.15) is 20.8 Å². The van der Waals surface area contributed by atoms with Crippen LogP contribution in [0.2, 0.25) is 37.3 Å². The molecule has 1 aliphatic carbocycles. The van der Waals surface area contributed by atoms with Crippen molar-refractivity contribution in [3.63, 3.8) is 0 Å². The van der Waals surface area contributed by atoms with Gasteiger partial charge in [-0.15, -0.1) is 0 Å². The van der Waals surface area contributed by atoms with Gasteiger partial charge in [-0.05, 0) is 53.1 Å². The molecule has 0 heterocycles. The van der Waals surface area contributed by atoms with E-state index in [4.69, 9.17) is 0 Å². The maximum absolute atomic E-state index is 4.03. The fourth-order valence-electron chi connectivity index (χ4n) is 5.95. The van der Waals surface area contributed by atoms with Gasteiger partial charge < -0.3 is 9.96 Å². The van der Waals surface area contributed by atoms with Crippen molar-refractivity contribution in [2.75, 3.05) is 9.96 Å². The van der Waals surface area contributed by atoms with E-state index < -0.39 is 16.5 Å². The van der Waals surface area contributed by atoms with Crippen LogP contribution in [0.15, 0.2) is 60.7 Å². The van der Waals surface area contributed by atoms with Crippen LogP contribution in [0.25, 0.3) is 0 Å². The molecule has 0 saturated heterocycles. The van der Waals surface area contributed by atoms with Gasteiger partial charge in [-0.1, -0.05) is 83.4 Å². The number of para-hydroxylation sites is 2. The molecule has 1 fully saturated rings. The molecule has 2 aromatic rings. The van der Waals surface area contributed by atoms with Crippen LogP contribution in [0.3, 0.4) is 0 Å². The molecule has 3 rings (SSSR count). The Labute approximate surface area is 174 Å². The SMILES string of the molecule is CC1C(C)C([Si](C)(C)Nc2ccccc2)C([Si](C)(C)Nc2ccccc2)C1C. The Hall–Kier alpha value is -1.53. The van der Waals surface area contributed by atoms with Gasteiger partial charge in [0.25, 0.3) is 0 Å². The third-order valence-electron chi connectivity index (χ3n) is 7.33. The van der Waals surface area contributed by atoms with Crippen LogP contribution in [0, 0.1) is 17.8 Å². The summed E-state index contributed by atoms with van der Waals surface area (Å²) < 4.78 is 0. The van der Waals surface area contributed by atoms with Crippen molar-refractivity contribution in [3.05, 3.63) is 60.7 Å². The Morgan fingerprint density at radius 1 is 0.536 bits per heavy atom. The molecule has 0 aliphatic heterocycles. The van der Waals surface area contributed by atoms with Gasteiger partial charge in [-0.25, -0.2) is 0 Å². The van der Waals surface area contributed by atoms with Crippen molar-refractivity contribution in [2.45, 2.75) is 58.0 Å². The summed E-state index contributed by atoms with van der Waals surface area (Å²) in [5, 5.41) is 0. The number of rotatable bonds is 6. The minimum atomic E-state index is -1.70. The highest BCUT2D eigenvalue weighted by atomic mass is 28.3. The Kier molecular flexibility index (Phi) is 6.11.